The maximum absolute atomic E-state index is 12.0. The topological polar surface area (TPSA) is 55.4 Å². The van der Waals surface area contributed by atoms with Gasteiger partial charge in [-0.15, -0.1) is 0 Å². The highest BCUT2D eigenvalue weighted by atomic mass is 127. The van der Waals surface area contributed by atoms with Crippen molar-refractivity contribution in [2.45, 2.75) is 6.42 Å². The van der Waals surface area contributed by atoms with Crippen LogP contribution in [0.2, 0.25) is 0 Å². The Morgan fingerprint density at radius 3 is 2.56 bits per heavy atom. The van der Waals surface area contributed by atoms with E-state index in [9.17, 15) is 9.59 Å². The Balaban J connectivity index is 2.70. The third-order valence-corrected chi connectivity index (χ3v) is 5.75. The van der Waals surface area contributed by atoms with Crippen molar-refractivity contribution in [3.05, 3.63) is 28.4 Å². The Morgan fingerprint density at radius 2 is 1.94 bits per heavy atom. The number of rotatable bonds is 4. The van der Waals surface area contributed by atoms with E-state index in [2.05, 4.69) is 77.8 Å². The summed E-state index contributed by atoms with van der Waals surface area (Å²) in [7, 11) is 1.33. The standard InChI is InChI=1S/C11H10I3NO3/c1-18-9(16)2-3-15-11(17)7-4-6(12)5-8(13)10(7)14/h4-5H,2-3H2,1H3,(H,15,17). The zero-order valence-electron chi connectivity index (χ0n) is 9.43. The molecule has 1 rings (SSSR count). The van der Waals surface area contributed by atoms with Gasteiger partial charge in [-0.25, -0.2) is 0 Å². The highest BCUT2D eigenvalue weighted by Gasteiger charge is 2.13. The Hall–Kier alpha value is 0.350. The predicted molar refractivity (Wildman–Crippen MR) is 93.6 cm³/mol. The number of amides is 1. The molecule has 18 heavy (non-hydrogen) atoms. The smallest absolute Gasteiger partial charge is 0.307 e. The fourth-order valence-electron chi connectivity index (χ4n) is 1.20. The Kier molecular flexibility index (Phi) is 7.13. The van der Waals surface area contributed by atoms with Crippen molar-refractivity contribution < 1.29 is 14.3 Å². The summed E-state index contributed by atoms with van der Waals surface area (Å²) in [5.41, 5.74) is 0.636. The van der Waals surface area contributed by atoms with Crippen LogP contribution in [0, 0.1) is 10.7 Å². The van der Waals surface area contributed by atoms with Crippen LogP contribution in [0.25, 0.3) is 0 Å². The SMILES string of the molecule is COC(=O)CCNC(=O)c1cc(I)cc(I)c1I. The second-order valence-corrected chi connectivity index (χ2v) is 6.82. The quantitative estimate of drug-likeness (QED) is 0.337. The van der Waals surface area contributed by atoms with Crippen LogP contribution in [0.4, 0.5) is 0 Å². The summed E-state index contributed by atoms with van der Waals surface area (Å²) in [5, 5.41) is 2.71. The Labute approximate surface area is 146 Å². The van der Waals surface area contributed by atoms with Crippen molar-refractivity contribution in [3.8, 4) is 0 Å². The molecule has 0 heterocycles. The van der Waals surface area contributed by atoms with E-state index in [1.807, 2.05) is 12.1 Å². The molecule has 0 radical (unpaired) electrons. The summed E-state index contributed by atoms with van der Waals surface area (Å²) in [4.78, 5) is 22.9. The van der Waals surface area contributed by atoms with E-state index in [1.54, 1.807) is 0 Å². The van der Waals surface area contributed by atoms with Crippen LogP contribution in [0.15, 0.2) is 12.1 Å². The van der Waals surface area contributed by atoms with Crippen LogP contribution >= 0.6 is 67.8 Å². The van der Waals surface area contributed by atoms with Gasteiger partial charge in [0.05, 0.1) is 19.1 Å². The van der Waals surface area contributed by atoms with Crippen LogP contribution in [0.5, 0.6) is 0 Å². The van der Waals surface area contributed by atoms with Crippen molar-refractivity contribution in [2.24, 2.45) is 0 Å². The van der Waals surface area contributed by atoms with E-state index in [1.165, 1.54) is 7.11 Å². The normalized spacial score (nSPS) is 10.0. The number of halogens is 3. The van der Waals surface area contributed by atoms with E-state index in [0.29, 0.717) is 5.56 Å². The highest BCUT2D eigenvalue weighted by Crippen LogP contribution is 2.22. The minimum absolute atomic E-state index is 0.167. The number of nitrogens with one attached hydrogen (secondary N) is 1. The molecule has 0 saturated heterocycles. The molecule has 0 saturated carbocycles. The predicted octanol–water partition coefficient (Wildman–Crippen LogP) is 2.79. The minimum Gasteiger partial charge on any atom is -0.469 e. The zero-order chi connectivity index (χ0) is 13.7. The second kappa shape index (κ2) is 7.82. The van der Waals surface area contributed by atoms with Gasteiger partial charge in [-0.1, -0.05) is 0 Å². The minimum atomic E-state index is -0.331. The average molecular weight is 585 g/mol. The van der Waals surface area contributed by atoms with Gasteiger partial charge in [-0.05, 0) is 79.9 Å². The zero-order valence-corrected chi connectivity index (χ0v) is 15.9. The third-order valence-electron chi connectivity index (χ3n) is 2.08. The molecule has 0 spiro atoms. The molecule has 0 aromatic heterocycles. The average Bonchev–Trinajstić information content (AvgIpc) is 2.33. The van der Waals surface area contributed by atoms with Gasteiger partial charge in [0, 0.05) is 17.3 Å². The molecular formula is C11H10I3NO3. The van der Waals surface area contributed by atoms with Gasteiger partial charge in [0.2, 0.25) is 0 Å². The van der Waals surface area contributed by atoms with Crippen molar-refractivity contribution in [1.82, 2.24) is 5.32 Å². The van der Waals surface area contributed by atoms with E-state index < -0.39 is 0 Å². The summed E-state index contributed by atoms with van der Waals surface area (Å²) in [6, 6.07) is 3.84. The molecule has 0 unspecified atom stereocenters. The van der Waals surface area contributed by atoms with Gasteiger partial charge in [0.25, 0.3) is 5.91 Å². The van der Waals surface area contributed by atoms with Crippen molar-refractivity contribution in [3.63, 3.8) is 0 Å². The third kappa shape index (κ3) is 4.79. The molecule has 0 aliphatic rings. The molecule has 0 fully saturated rings. The Bertz CT molecular complexity index is 477. The molecule has 0 aliphatic carbocycles. The number of carbonyl (C=O) groups excluding carboxylic acids is 2. The molecule has 0 atom stereocenters. The first-order valence-corrected chi connectivity index (χ1v) is 8.19. The van der Waals surface area contributed by atoms with Crippen molar-refractivity contribution >= 4 is 79.6 Å². The second-order valence-electron chi connectivity index (χ2n) is 3.33. The molecule has 7 heteroatoms. The highest BCUT2D eigenvalue weighted by molar-refractivity contribution is 14.1. The summed E-state index contributed by atoms with van der Waals surface area (Å²) in [6.45, 7) is 0.281. The largest absolute Gasteiger partial charge is 0.469 e. The molecule has 1 N–H and O–H groups in total. The lowest BCUT2D eigenvalue weighted by atomic mass is 10.2. The lowest BCUT2D eigenvalue weighted by Gasteiger charge is -2.08. The number of hydrogen-bond acceptors (Lipinski definition) is 3. The van der Waals surface area contributed by atoms with Crippen LogP contribution in [-0.2, 0) is 9.53 Å². The first-order valence-electron chi connectivity index (χ1n) is 4.95. The maximum Gasteiger partial charge on any atom is 0.307 e. The van der Waals surface area contributed by atoms with Crippen molar-refractivity contribution in [1.29, 1.82) is 0 Å². The number of hydrogen-bond donors (Lipinski definition) is 1. The number of esters is 1. The van der Waals surface area contributed by atoms with E-state index in [4.69, 9.17) is 0 Å². The summed E-state index contributed by atoms with van der Waals surface area (Å²) >= 11 is 6.52. The summed E-state index contributed by atoms with van der Waals surface area (Å²) in [6.07, 6.45) is 0.180. The molecule has 1 amide bonds. The fourth-order valence-corrected chi connectivity index (χ4v) is 3.60. The summed E-state index contributed by atoms with van der Waals surface area (Å²) < 4.78 is 7.48. The molecule has 0 aliphatic heterocycles. The van der Waals surface area contributed by atoms with Crippen LogP contribution in [0.3, 0.4) is 0 Å². The van der Waals surface area contributed by atoms with Gasteiger partial charge in [-0.2, -0.15) is 0 Å². The number of methoxy groups -OCH3 is 1. The number of ether oxygens (including phenoxy) is 1. The first kappa shape index (κ1) is 16.4. The Morgan fingerprint density at radius 1 is 1.28 bits per heavy atom. The van der Waals surface area contributed by atoms with E-state index in [-0.39, 0.29) is 24.8 Å². The molecule has 0 bridgehead atoms. The molecule has 98 valence electrons. The molecule has 4 nitrogen and oxygen atoms in total. The van der Waals surface area contributed by atoms with Gasteiger partial charge < -0.3 is 10.1 Å². The van der Waals surface area contributed by atoms with E-state index in [0.717, 1.165) is 10.7 Å². The molecular weight excluding hydrogens is 575 g/mol. The summed E-state index contributed by atoms with van der Waals surface area (Å²) in [5.74, 6) is -0.498. The maximum atomic E-state index is 12.0. The van der Waals surface area contributed by atoms with Crippen molar-refractivity contribution in [2.75, 3.05) is 13.7 Å². The van der Waals surface area contributed by atoms with Crippen LogP contribution in [-0.4, -0.2) is 25.5 Å². The number of carbonyl (C=O) groups is 2. The van der Waals surface area contributed by atoms with E-state index >= 15 is 0 Å². The van der Waals surface area contributed by atoms with Crippen LogP contribution in [0.1, 0.15) is 16.8 Å². The van der Waals surface area contributed by atoms with Gasteiger partial charge in [0.15, 0.2) is 0 Å². The van der Waals surface area contributed by atoms with Crippen LogP contribution < -0.4 is 5.32 Å². The molecule has 1 aromatic rings. The van der Waals surface area contributed by atoms with Gasteiger partial charge in [0.1, 0.15) is 0 Å². The lowest BCUT2D eigenvalue weighted by Crippen LogP contribution is -2.27. The monoisotopic (exact) mass is 585 g/mol. The lowest BCUT2D eigenvalue weighted by molar-refractivity contribution is -0.140. The van der Waals surface area contributed by atoms with Gasteiger partial charge >= 0.3 is 5.97 Å². The fraction of sp³-hybridized carbons (Fsp3) is 0.273. The first-order chi connectivity index (χ1) is 8.45. The van der Waals surface area contributed by atoms with Gasteiger partial charge in [-0.3, -0.25) is 9.59 Å². The molecule has 1 aromatic carbocycles. The number of benzene rings is 1.